The van der Waals surface area contributed by atoms with Crippen LogP contribution in [0.5, 0.6) is 0 Å². The Labute approximate surface area is 189 Å². The van der Waals surface area contributed by atoms with Gasteiger partial charge >= 0.3 is 0 Å². The highest BCUT2D eigenvalue weighted by Crippen LogP contribution is 2.29. The van der Waals surface area contributed by atoms with Crippen molar-refractivity contribution < 1.29 is 4.79 Å². The summed E-state index contributed by atoms with van der Waals surface area (Å²) in [4.78, 5) is 15.1. The molecule has 2 heterocycles. The van der Waals surface area contributed by atoms with Crippen molar-refractivity contribution in [2.75, 3.05) is 18.4 Å². The Morgan fingerprint density at radius 1 is 1.17 bits per heavy atom. The van der Waals surface area contributed by atoms with Crippen LogP contribution in [-0.2, 0) is 17.1 Å². The topological polar surface area (TPSA) is 58.1 Å². The quantitative estimate of drug-likeness (QED) is 0.382. The van der Waals surface area contributed by atoms with Crippen LogP contribution in [0.25, 0.3) is 0 Å². The highest BCUT2D eigenvalue weighted by Gasteiger charge is 2.27. The molecule has 0 aliphatic carbocycles. The minimum Gasteiger partial charge on any atom is -0.300 e. The molecule has 0 unspecified atom stereocenters. The molecule has 8 heteroatoms. The highest BCUT2D eigenvalue weighted by molar-refractivity contribution is 8.00. The summed E-state index contributed by atoms with van der Waals surface area (Å²) in [5.41, 5.74) is 2.34. The van der Waals surface area contributed by atoms with Gasteiger partial charge in [-0.3, -0.25) is 9.69 Å². The third-order valence-corrected chi connectivity index (χ3v) is 7.48. The van der Waals surface area contributed by atoms with Crippen LogP contribution in [0.4, 0.5) is 5.13 Å². The number of nitrogens with one attached hydrogen (secondary N) is 1. The van der Waals surface area contributed by atoms with E-state index in [0.29, 0.717) is 5.13 Å². The van der Waals surface area contributed by atoms with E-state index in [-0.39, 0.29) is 11.8 Å². The Hall–Kier alpha value is -1.93. The van der Waals surface area contributed by atoms with Gasteiger partial charge < -0.3 is 5.32 Å². The van der Waals surface area contributed by atoms with Gasteiger partial charge in [-0.1, -0.05) is 83.2 Å². The first-order valence-electron chi connectivity index (χ1n) is 9.94. The van der Waals surface area contributed by atoms with Crippen LogP contribution < -0.4 is 5.32 Å². The second-order valence-corrected chi connectivity index (χ2v) is 9.91. The predicted octanol–water partition coefficient (Wildman–Crippen LogP) is 5.33. The van der Waals surface area contributed by atoms with Crippen molar-refractivity contribution in [2.24, 2.45) is 5.92 Å². The summed E-state index contributed by atoms with van der Waals surface area (Å²) in [6.07, 6.45) is 1.89. The summed E-state index contributed by atoms with van der Waals surface area (Å²) >= 11 is 9.36. The number of anilines is 1. The number of amides is 1. The lowest BCUT2D eigenvalue weighted by Gasteiger charge is -2.32. The molecule has 1 fully saturated rings. The summed E-state index contributed by atoms with van der Waals surface area (Å²) < 4.78 is 0.859. The first-order valence-corrected chi connectivity index (χ1v) is 12.1. The molecular weight excluding hydrogens is 436 g/mol. The number of rotatable bonds is 7. The van der Waals surface area contributed by atoms with Gasteiger partial charge in [0.05, 0.1) is 5.92 Å². The van der Waals surface area contributed by atoms with Crippen LogP contribution >= 0.6 is 34.7 Å². The number of hydrogen-bond acceptors (Lipinski definition) is 6. The number of carbonyl (C=O) groups excluding carboxylic acids is 1. The van der Waals surface area contributed by atoms with Gasteiger partial charge in [-0.15, -0.1) is 10.2 Å². The van der Waals surface area contributed by atoms with Crippen LogP contribution in [0.2, 0.25) is 5.02 Å². The maximum atomic E-state index is 12.8. The van der Waals surface area contributed by atoms with Gasteiger partial charge in [-0.2, -0.15) is 0 Å². The van der Waals surface area contributed by atoms with Crippen LogP contribution in [0.3, 0.4) is 0 Å². The van der Waals surface area contributed by atoms with Crippen molar-refractivity contribution >= 4 is 45.7 Å². The Morgan fingerprint density at radius 3 is 2.80 bits per heavy atom. The molecule has 0 spiro atoms. The number of benzene rings is 2. The minimum absolute atomic E-state index is 0.0228. The molecule has 1 saturated heterocycles. The van der Waals surface area contributed by atoms with Gasteiger partial charge in [0.25, 0.3) is 0 Å². The number of likely N-dealkylation sites (tertiary alicyclic amines) is 1. The number of piperidine rings is 1. The number of thioether (sulfide) groups is 1. The van der Waals surface area contributed by atoms with Crippen molar-refractivity contribution in [3.05, 3.63) is 70.7 Å². The van der Waals surface area contributed by atoms with Gasteiger partial charge in [-0.05, 0) is 36.6 Å². The zero-order valence-electron chi connectivity index (χ0n) is 16.5. The Bertz CT molecular complexity index is 982. The molecule has 1 aliphatic rings. The number of carbonyl (C=O) groups is 1. The molecule has 1 aliphatic heterocycles. The monoisotopic (exact) mass is 458 g/mol. The zero-order valence-corrected chi connectivity index (χ0v) is 18.8. The van der Waals surface area contributed by atoms with Crippen molar-refractivity contribution in [3.63, 3.8) is 0 Å². The lowest BCUT2D eigenvalue weighted by atomic mass is 9.97. The zero-order chi connectivity index (χ0) is 20.8. The van der Waals surface area contributed by atoms with E-state index in [2.05, 4.69) is 32.5 Å². The number of nitrogens with zero attached hydrogens (tertiary/aromatic N) is 3. The fraction of sp³-hybridized carbons (Fsp3) is 0.318. The summed E-state index contributed by atoms with van der Waals surface area (Å²) in [6, 6.07) is 18.1. The lowest BCUT2D eigenvalue weighted by Crippen LogP contribution is -2.40. The van der Waals surface area contributed by atoms with Crippen LogP contribution in [0.15, 0.2) is 58.9 Å². The molecule has 2 aromatic carbocycles. The third kappa shape index (κ3) is 5.82. The Kier molecular flexibility index (Phi) is 7.38. The second kappa shape index (κ2) is 10.4. The van der Waals surface area contributed by atoms with Gasteiger partial charge in [0.1, 0.15) is 0 Å². The fourth-order valence-electron chi connectivity index (χ4n) is 3.53. The molecule has 1 N–H and O–H groups in total. The first-order chi connectivity index (χ1) is 14.7. The summed E-state index contributed by atoms with van der Waals surface area (Å²) in [6.45, 7) is 2.47. The number of aromatic nitrogens is 2. The third-order valence-electron chi connectivity index (χ3n) is 5.07. The van der Waals surface area contributed by atoms with Crippen molar-refractivity contribution in [1.29, 1.82) is 0 Å². The number of halogens is 1. The smallest absolute Gasteiger partial charge is 0.230 e. The molecule has 30 heavy (non-hydrogen) atoms. The van der Waals surface area contributed by atoms with Crippen molar-refractivity contribution in [2.45, 2.75) is 29.5 Å². The Balaban J connectivity index is 1.29. The largest absolute Gasteiger partial charge is 0.300 e. The normalized spacial score (nSPS) is 17.0. The summed E-state index contributed by atoms with van der Waals surface area (Å²) in [5.74, 6) is 0.809. The van der Waals surface area contributed by atoms with Gasteiger partial charge in [0.2, 0.25) is 11.0 Å². The molecule has 0 bridgehead atoms. The maximum absolute atomic E-state index is 12.8. The number of hydrogen-bond donors (Lipinski definition) is 1. The molecule has 0 saturated carbocycles. The second-order valence-electron chi connectivity index (χ2n) is 7.30. The first kappa shape index (κ1) is 21.3. The van der Waals surface area contributed by atoms with E-state index in [1.54, 1.807) is 11.8 Å². The van der Waals surface area contributed by atoms with E-state index in [0.717, 1.165) is 53.2 Å². The lowest BCUT2D eigenvalue weighted by molar-refractivity contribution is -0.121. The van der Waals surface area contributed by atoms with Crippen LogP contribution in [0, 0.1) is 5.92 Å². The molecule has 156 valence electrons. The van der Waals surface area contributed by atoms with E-state index in [1.165, 1.54) is 16.9 Å². The average molecular weight is 459 g/mol. The van der Waals surface area contributed by atoms with Crippen LogP contribution in [0.1, 0.15) is 24.0 Å². The average Bonchev–Trinajstić information content (AvgIpc) is 3.22. The standard InChI is InChI=1S/C22H23ClN4OS2/c23-19-11-5-4-9-17(19)13-27-12-6-10-18(14-27)20(28)24-21-25-26-22(30-21)29-15-16-7-2-1-3-8-16/h1-5,7-9,11,18H,6,10,12-15H2,(H,24,25,28)/t18-/m0/s1. The van der Waals surface area contributed by atoms with E-state index < -0.39 is 0 Å². The molecular formula is C22H23ClN4OS2. The fourth-order valence-corrected chi connectivity index (χ4v) is 5.43. The van der Waals surface area contributed by atoms with Crippen molar-refractivity contribution in [1.82, 2.24) is 15.1 Å². The summed E-state index contributed by atoms with van der Waals surface area (Å²) in [5, 5.41) is 12.7. The van der Waals surface area contributed by atoms with E-state index in [4.69, 9.17) is 11.6 Å². The van der Waals surface area contributed by atoms with Gasteiger partial charge in [-0.25, -0.2) is 0 Å². The molecule has 1 atom stereocenters. The van der Waals surface area contributed by atoms with Gasteiger partial charge in [0.15, 0.2) is 4.34 Å². The van der Waals surface area contributed by atoms with E-state index in [9.17, 15) is 4.79 Å². The summed E-state index contributed by atoms with van der Waals surface area (Å²) in [7, 11) is 0. The Morgan fingerprint density at radius 2 is 1.97 bits per heavy atom. The predicted molar refractivity (Wildman–Crippen MR) is 124 cm³/mol. The van der Waals surface area contributed by atoms with Crippen LogP contribution in [-0.4, -0.2) is 34.1 Å². The van der Waals surface area contributed by atoms with Crippen molar-refractivity contribution in [3.8, 4) is 0 Å². The molecule has 3 aromatic rings. The minimum atomic E-state index is -0.0504. The SMILES string of the molecule is O=C(Nc1nnc(SCc2ccccc2)s1)[C@H]1CCCN(Cc2ccccc2Cl)C1. The van der Waals surface area contributed by atoms with E-state index in [1.807, 2.05) is 42.5 Å². The molecule has 1 aromatic heterocycles. The molecule has 5 nitrogen and oxygen atoms in total. The maximum Gasteiger partial charge on any atom is 0.230 e. The molecule has 1 amide bonds. The highest BCUT2D eigenvalue weighted by atomic mass is 35.5. The molecule has 0 radical (unpaired) electrons. The van der Waals surface area contributed by atoms with E-state index >= 15 is 0 Å². The van der Waals surface area contributed by atoms with Gasteiger partial charge in [0, 0.05) is 23.9 Å². The molecule has 4 rings (SSSR count).